The SMILES string of the molecule is COc1cc(/C=C2/NC(=O)N(Cc3cccc(C)c3)C2=O)c(Br)cc1OCc1ccccc1. The van der Waals surface area contributed by atoms with Gasteiger partial charge >= 0.3 is 6.03 Å². The number of ether oxygens (including phenoxy) is 2. The third-order valence-corrected chi connectivity index (χ3v) is 5.89. The topological polar surface area (TPSA) is 67.9 Å². The van der Waals surface area contributed by atoms with Gasteiger partial charge in [-0.3, -0.25) is 9.69 Å². The second kappa shape index (κ2) is 9.92. The molecule has 1 N–H and O–H groups in total. The molecule has 0 saturated carbocycles. The molecule has 1 fully saturated rings. The van der Waals surface area contributed by atoms with Gasteiger partial charge in [-0.15, -0.1) is 0 Å². The fraction of sp³-hybridized carbons (Fsp3) is 0.154. The standard InChI is InChI=1S/C26H23BrN2O4/c1-17-7-6-10-19(11-17)15-29-25(30)22(28-26(29)31)12-20-13-23(32-2)24(14-21(20)27)33-16-18-8-4-3-5-9-18/h3-14H,15-16H2,1-2H3,(H,28,31)/b22-12+. The Morgan fingerprint density at radius 3 is 2.45 bits per heavy atom. The van der Waals surface area contributed by atoms with Crippen molar-refractivity contribution in [2.45, 2.75) is 20.1 Å². The Bertz CT molecular complexity index is 1220. The fourth-order valence-electron chi connectivity index (χ4n) is 3.53. The monoisotopic (exact) mass is 506 g/mol. The van der Waals surface area contributed by atoms with E-state index >= 15 is 0 Å². The number of methoxy groups -OCH3 is 1. The first-order valence-electron chi connectivity index (χ1n) is 10.4. The molecule has 3 amide bonds. The Hall–Kier alpha value is -3.58. The van der Waals surface area contributed by atoms with Gasteiger partial charge in [-0.25, -0.2) is 4.79 Å². The van der Waals surface area contributed by atoms with Crippen LogP contribution in [0.25, 0.3) is 6.08 Å². The van der Waals surface area contributed by atoms with Crippen molar-refractivity contribution < 1.29 is 19.1 Å². The molecule has 0 atom stereocenters. The first-order valence-corrected chi connectivity index (χ1v) is 11.2. The lowest BCUT2D eigenvalue weighted by molar-refractivity contribution is -0.123. The Morgan fingerprint density at radius 1 is 0.970 bits per heavy atom. The van der Waals surface area contributed by atoms with E-state index in [1.54, 1.807) is 25.3 Å². The van der Waals surface area contributed by atoms with E-state index in [0.29, 0.717) is 28.1 Å². The van der Waals surface area contributed by atoms with Crippen molar-refractivity contribution in [2.75, 3.05) is 7.11 Å². The number of imide groups is 1. The number of nitrogens with zero attached hydrogens (tertiary/aromatic N) is 1. The van der Waals surface area contributed by atoms with Gasteiger partial charge < -0.3 is 14.8 Å². The van der Waals surface area contributed by atoms with Gasteiger partial charge in [-0.1, -0.05) is 76.1 Å². The lowest BCUT2D eigenvalue weighted by atomic mass is 10.1. The second-order valence-electron chi connectivity index (χ2n) is 7.67. The third-order valence-electron chi connectivity index (χ3n) is 5.21. The Morgan fingerprint density at radius 2 is 1.73 bits per heavy atom. The summed E-state index contributed by atoms with van der Waals surface area (Å²) in [6.45, 7) is 2.58. The highest BCUT2D eigenvalue weighted by Gasteiger charge is 2.33. The van der Waals surface area contributed by atoms with Crippen LogP contribution in [0.3, 0.4) is 0 Å². The number of aryl methyl sites for hydroxylation is 1. The quantitative estimate of drug-likeness (QED) is 0.342. The number of urea groups is 1. The van der Waals surface area contributed by atoms with Crippen molar-refractivity contribution in [1.29, 1.82) is 0 Å². The molecule has 0 bridgehead atoms. The van der Waals surface area contributed by atoms with E-state index in [4.69, 9.17) is 9.47 Å². The molecular formula is C26H23BrN2O4. The van der Waals surface area contributed by atoms with Gasteiger partial charge in [-0.05, 0) is 41.8 Å². The maximum atomic E-state index is 12.9. The Kier molecular flexibility index (Phi) is 6.79. The lowest BCUT2D eigenvalue weighted by Crippen LogP contribution is -2.30. The molecule has 0 unspecified atom stereocenters. The molecule has 0 aliphatic carbocycles. The van der Waals surface area contributed by atoms with Gasteiger partial charge in [0.05, 0.1) is 13.7 Å². The number of hydrogen-bond donors (Lipinski definition) is 1. The third kappa shape index (κ3) is 5.26. The molecule has 168 valence electrons. The molecule has 6 nitrogen and oxygen atoms in total. The Labute approximate surface area is 200 Å². The number of hydrogen-bond acceptors (Lipinski definition) is 4. The predicted molar refractivity (Wildman–Crippen MR) is 130 cm³/mol. The van der Waals surface area contributed by atoms with Crippen LogP contribution < -0.4 is 14.8 Å². The van der Waals surface area contributed by atoms with Crippen LogP contribution >= 0.6 is 15.9 Å². The number of carbonyl (C=O) groups excluding carboxylic acids is 2. The van der Waals surface area contributed by atoms with Gasteiger partial charge in [-0.2, -0.15) is 0 Å². The van der Waals surface area contributed by atoms with Crippen LogP contribution in [0.1, 0.15) is 22.3 Å². The largest absolute Gasteiger partial charge is 0.493 e. The molecule has 33 heavy (non-hydrogen) atoms. The molecule has 1 aliphatic heterocycles. The minimum absolute atomic E-state index is 0.202. The second-order valence-corrected chi connectivity index (χ2v) is 8.52. The first-order chi connectivity index (χ1) is 15.9. The molecule has 0 radical (unpaired) electrons. The highest BCUT2D eigenvalue weighted by molar-refractivity contribution is 9.10. The maximum Gasteiger partial charge on any atom is 0.329 e. The van der Waals surface area contributed by atoms with Crippen molar-refractivity contribution in [2.24, 2.45) is 0 Å². The van der Waals surface area contributed by atoms with Crippen molar-refractivity contribution in [3.05, 3.63) is 99.2 Å². The Balaban J connectivity index is 1.54. The number of rotatable bonds is 7. The lowest BCUT2D eigenvalue weighted by Gasteiger charge is -2.13. The molecular weight excluding hydrogens is 484 g/mol. The molecule has 0 aromatic heterocycles. The summed E-state index contributed by atoms with van der Waals surface area (Å²) in [5, 5.41) is 2.67. The summed E-state index contributed by atoms with van der Waals surface area (Å²) in [6.07, 6.45) is 1.63. The zero-order valence-electron chi connectivity index (χ0n) is 18.3. The van der Waals surface area contributed by atoms with E-state index < -0.39 is 6.03 Å². The van der Waals surface area contributed by atoms with Crippen molar-refractivity contribution in [1.82, 2.24) is 10.2 Å². The zero-order chi connectivity index (χ0) is 23.4. The van der Waals surface area contributed by atoms with E-state index in [0.717, 1.165) is 16.7 Å². The number of halogens is 1. The normalized spacial score (nSPS) is 14.5. The number of carbonyl (C=O) groups is 2. The van der Waals surface area contributed by atoms with Crippen molar-refractivity contribution >= 4 is 33.9 Å². The van der Waals surface area contributed by atoms with Crippen LogP contribution in [-0.2, 0) is 17.9 Å². The van der Waals surface area contributed by atoms with Gasteiger partial charge in [0.25, 0.3) is 5.91 Å². The summed E-state index contributed by atoms with van der Waals surface area (Å²) < 4.78 is 12.1. The van der Waals surface area contributed by atoms with E-state index in [2.05, 4.69) is 21.2 Å². The van der Waals surface area contributed by atoms with Crippen LogP contribution in [0.5, 0.6) is 11.5 Å². The molecule has 3 aromatic rings. The van der Waals surface area contributed by atoms with Crippen molar-refractivity contribution in [3.8, 4) is 11.5 Å². The average molecular weight is 507 g/mol. The van der Waals surface area contributed by atoms with E-state index in [9.17, 15) is 9.59 Å². The van der Waals surface area contributed by atoms with Crippen LogP contribution in [0.15, 0.2) is 76.9 Å². The van der Waals surface area contributed by atoms with E-state index in [-0.39, 0.29) is 18.1 Å². The highest BCUT2D eigenvalue weighted by Crippen LogP contribution is 2.35. The van der Waals surface area contributed by atoms with Gasteiger partial charge in [0, 0.05) is 4.47 Å². The summed E-state index contributed by atoms with van der Waals surface area (Å²) in [6, 6.07) is 20.7. The predicted octanol–water partition coefficient (Wildman–Crippen LogP) is 5.44. The molecule has 1 heterocycles. The summed E-state index contributed by atoms with van der Waals surface area (Å²) in [4.78, 5) is 26.6. The summed E-state index contributed by atoms with van der Waals surface area (Å²) in [5.41, 5.74) is 3.88. The minimum atomic E-state index is -0.446. The van der Waals surface area contributed by atoms with Gasteiger partial charge in [0.15, 0.2) is 11.5 Å². The van der Waals surface area contributed by atoms with Gasteiger partial charge in [0.2, 0.25) is 0 Å². The number of benzene rings is 3. The van der Waals surface area contributed by atoms with Crippen LogP contribution in [0.4, 0.5) is 4.79 Å². The van der Waals surface area contributed by atoms with Crippen LogP contribution in [0.2, 0.25) is 0 Å². The molecule has 7 heteroatoms. The number of nitrogens with one attached hydrogen (secondary N) is 1. The summed E-state index contributed by atoms with van der Waals surface area (Å²) >= 11 is 3.54. The van der Waals surface area contributed by atoms with Gasteiger partial charge in [0.1, 0.15) is 12.3 Å². The maximum absolute atomic E-state index is 12.9. The highest BCUT2D eigenvalue weighted by atomic mass is 79.9. The molecule has 1 aliphatic rings. The summed E-state index contributed by atoms with van der Waals surface area (Å²) in [7, 11) is 1.56. The molecule has 4 rings (SSSR count). The molecule has 0 spiro atoms. The van der Waals surface area contributed by atoms with Crippen LogP contribution in [-0.4, -0.2) is 23.9 Å². The molecule has 3 aromatic carbocycles. The first kappa shape index (κ1) is 22.6. The zero-order valence-corrected chi connectivity index (χ0v) is 19.9. The number of amides is 3. The van der Waals surface area contributed by atoms with Crippen LogP contribution in [0, 0.1) is 6.92 Å². The smallest absolute Gasteiger partial charge is 0.329 e. The average Bonchev–Trinajstić information content (AvgIpc) is 3.07. The minimum Gasteiger partial charge on any atom is -0.493 e. The summed E-state index contributed by atoms with van der Waals surface area (Å²) in [5.74, 6) is 0.712. The van der Waals surface area contributed by atoms with Crippen molar-refractivity contribution in [3.63, 3.8) is 0 Å². The van der Waals surface area contributed by atoms with E-state index in [1.807, 2.05) is 61.5 Å². The fourth-order valence-corrected chi connectivity index (χ4v) is 3.97. The molecule has 1 saturated heterocycles. The van der Waals surface area contributed by atoms with E-state index in [1.165, 1.54) is 4.90 Å².